The Labute approximate surface area is 246 Å². The van der Waals surface area contributed by atoms with Crippen molar-refractivity contribution in [1.29, 1.82) is 0 Å². The van der Waals surface area contributed by atoms with Gasteiger partial charge in [-0.05, 0) is 68.0 Å². The summed E-state index contributed by atoms with van der Waals surface area (Å²) in [5.74, 6) is 1.19. The van der Waals surface area contributed by atoms with Crippen molar-refractivity contribution < 1.29 is 19.1 Å². The largest absolute Gasteiger partial charge is 0.496 e. The maximum absolute atomic E-state index is 14.2. The second kappa shape index (κ2) is 11.4. The molecule has 8 nitrogen and oxygen atoms in total. The zero-order chi connectivity index (χ0) is 29.4. The summed E-state index contributed by atoms with van der Waals surface area (Å²) in [6.07, 6.45) is 0.969. The third-order valence-corrected chi connectivity index (χ3v) is 8.55. The Morgan fingerprint density at radius 3 is 2.36 bits per heavy atom. The minimum absolute atomic E-state index is 0.00970. The summed E-state index contributed by atoms with van der Waals surface area (Å²) < 4.78 is 13.4. The Kier molecular flexibility index (Phi) is 7.47. The van der Waals surface area contributed by atoms with E-state index in [2.05, 4.69) is 16.5 Å². The van der Waals surface area contributed by atoms with Gasteiger partial charge in [0.1, 0.15) is 17.2 Å². The van der Waals surface area contributed by atoms with E-state index in [1.54, 1.807) is 25.2 Å². The van der Waals surface area contributed by atoms with Gasteiger partial charge < -0.3 is 28.7 Å². The number of carbonyl (C=O) groups is 2. The van der Waals surface area contributed by atoms with Crippen LogP contribution in [-0.2, 0) is 13.1 Å². The number of hydrogen-bond donors (Lipinski definition) is 0. The van der Waals surface area contributed by atoms with Gasteiger partial charge in [0.15, 0.2) is 0 Å². The van der Waals surface area contributed by atoms with Gasteiger partial charge in [-0.25, -0.2) is 0 Å². The van der Waals surface area contributed by atoms with E-state index in [0.717, 1.165) is 53.3 Å². The van der Waals surface area contributed by atoms with Crippen LogP contribution in [0.4, 0.5) is 5.69 Å². The highest BCUT2D eigenvalue weighted by Gasteiger charge is 2.31. The molecule has 0 saturated carbocycles. The number of methoxy groups -OCH3 is 2. The van der Waals surface area contributed by atoms with Gasteiger partial charge in [-0.2, -0.15) is 0 Å². The van der Waals surface area contributed by atoms with E-state index >= 15 is 0 Å². The Morgan fingerprint density at radius 1 is 0.857 bits per heavy atom. The van der Waals surface area contributed by atoms with Crippen LogP contribution >= 0.6 is 0 Å². The lowest BCUT2D eigenvalue weighted by Crippen LogP contribution is -2.39. The molecule has 0 bridgehead atoms. The Bertz CT molecular complexity index is 1640. The summed E-state index contributed by atoms with van der Waals surface area (Å²) in [5, 5.41) is 0. The van der Waals surface area contributed by atoms with Gasteiger partial charge in [-0.1, -0.05) is 36.4 Å². The molecule has 216 valence electrons. The number of amides is 2. The molecule has 2 amide bonds. The van der Waals surface area contributed by atoms with Gasteiger partial charge in [0.25, 0.3) is 11.8 Å². The fourth-order valence-corrected chi connectivity index (χ4v) is 6.17. The van der Waals surface area contributed by atoms with Crippen LogP contribution in [0.15, 0.2) is 78.9 Å². The first-order valence-corrected chi connectivity index (χ1v) is 14.2. The summed E-state index contributed by atoms with van der Waals surface area (Å²) >= 11 is 0. The number of likely N-dealkylation sites (tertiary alicyclic amines) is 1. The van der Waals surface area contributed by atoms with E-state index in [0.29, 0.717) is 30.1 Å². The molecule has 0 spiro atoms. The summed E-state index contributed by atoms with van der Waals surface area (Å²) in [7, 11) is 7.23. The number of rotatable bonds is 6. The van der Waals surface area contributed by atoms with Crippen LogP contribution in [0.3, 0.4) is 0 Å². The molecule has 0 radical (unpaired) electrons. The second-order valence-corrected chi connectivity index (χ2v) is 11.1. The molecule has 1 unspecified atom stereocenters. The van der Waals surface area contributed by atoms with Crippen molar-refractivity contribution in [3.05, 3.63) is 101 Å². The normalized spacial score (nSPS) is 16.4. The van der Waals surface area contributed by atoms with Crippen LogP contribution in [0, 0.1) is 0 Å². The Morgan fingerprint density at radius 2 is 1.60 bits per heavy atom. The third-order valence-electron chi connectivity index (χ3n) is 8.55. The van der Waals surface area contributed by atoms with Crippen molar-refractivity contribution in [2.45, 2.75) is 25.6 Å². The molecule has 1 saturated heterocycles. The molecule has 3 heterocycles. The molecule has 6 rings (SSSR count). The van der Waals surface area contributed by atoms with E-state index in [1.165, 1.54) is 0 Å². The van der Waals surface area contributed by atoms with Crippen molar-refractivity contribution in [2.24, 2.45) is 0 Å². The average Bonchev–Trinajstić information content (AvgIpc) is 3.60. The molecule has 4 aromatic rings. The number of carbonyl (C=O) groups excluding carboxylic acids is 2. The van der Waals surface area contributed by atoms with Crippen molar-refractivity contribution in [3.63, 3.8) is 0 Å². The van der Waals surface area contributed by atoms with Gasteiger partial charge in [-0.15, -0.1) is 0 Å². The quantitative estimate of drug-likeness (QED) is 0.324. The lowest BCUT2D eigenvalue weighted by atomic mass is 10.0. The highest BCUT2D eigenvalue weighted by atomic mass is 16.5. The van der Waals surface area contributed by atoms with Crippen LogP contribution < -0.4 is 14.4 Å². The van der Waals surface area contributed by atoms with Crippen molar-refractivity contribution >= 4 is 17.5 Å². The van der Waals surface area contributed by atoms with E-state index in [4.69, 9.17) is 9.47 Å². The maximum Gasteiger partial charge on any atom is 0.270 e. The van der Waals surface area contributed by atoms with E-state index in [1.807, 2.05) is 84.7 Å². The first-order valence-electron chi connectivity index (χ1n) is 14.2. The number of ether oxygens (including phenoxy) is 2. The molecule has 1 atom stereocenters. The summed E-state index contributed by atoms with van der Waals surface area (Å²) in [4.78, 5) is 33.8. The monoisotopic (exact) mass is 564 g/mol. The summed E-state index contributed by atoms with van der Waals surface area (Å²) in [6.45, 7) is 2.72. The minimum atomic E-state index is -0.138. The molecule has 0 aliphatic carbocycles. The van der Waals surface area contributed by atoms with Crippen LogP contribution in [0.2, 0.25) is 0 Å². The SMILES string of the molecule is COc1ccccc1-c1ccc(C(=O)N2Cc3ccc(C(=O)N(C)C4CCN(C)C4)n3Cc3ccccc32)cc1OC. The number of aromatic nitrogens is 1. The molecule has 2 aliphatic rings. The first-order chi connectivity index (χ1) is 20.4. The van der Waals surface area contributed by atoms with E-state index in [-0.39, 0.29) is 17.9 Å². The van der Waals surface area contributed by atoms with Gasteiger partial charge in [0.2, 0.25) is 0 Å². The number of benzene rings is 3. The molecule has 42 heavy (non-hydrogen) atoms. The highest BCUT2D eigenvalue weighted by Crippen LogP contribution is 2.38. The first kappa shape index (κ1) is 27.6. The molecule has 0 N–H and O–H groups in total. The number of hydrogen-bond acceptors (Lipinski definition) is 5. The summed E-state index contributed by atoms with van der Waals surface area (Å²) in [5.41, 5.74) is 5.63. The Balaban J connectivity index is 1.34. The predicted molar refractivity (Wildman–Crippen MR) is 163 cm³/mol. The third kappa shape index (κ3) is 4.92. The van der Waals surface area contributed by atoms with E-state index in [9.17, 15) is 9.59 Å². The maximum atomic E-state index is 14.2. The molecule has 8 heteroatoms. The molecular formula is C34H36N4O4. The van der Waals surface area contributed by atoms with Crippen molar-refractivity contribution in [2.75, 3.05) is 46.3 Å². The standard InChI is InChI=1S/C34H36N4O4/c1-35-18-17-25(21-35)36(2)34(40)30-16-14-26-22-38(29-11-7-5-9-24(29)20-37(26)30)33(39)23-13-15-28(32(19-23)42-4)27-10-6-8-12-31(27)41-3/h5-16,19,25H,17-18,20-22H2,1-4H3. The molecule has 2 aliphatic heterocycles. The van der Waals surface area contributed by atoms with Gasteiger partial charge in [-0.3, -0.25) is 9.59 Å². The van der Waals surface area contributed by atoms with Crippen LogP contribution in [0.25, 0.3) is 11.1 Å². The topological polar surface area (TPSA) is 67.2 Å². The lowest BCUT2D eigenvalue weighted by molar-refractivity contribution is 0.0726. The van der Waals surface area contributed by atoms with Crippen LogP contribution in [0.1, 0.15) is 38.5 Å². The number of nitrogens with zero attached hydrogens (tertiary/aromatic N) is 4. The fourth-order valence-electron chi connectivity index (χ4n) is 6.17. The lowest BCUT2D eigenvalue weighted by Gasteiger charge is -2.25. The predicted octanol–water partition coefficient (Wildman–Crippen LogP) is 5.16. The Hall–Kier alpha value is -4.56. The smallest absolute Gasteiger partial charge is 0.270 e. The molecule has 3 aromatic carbocycles. The summed E-state index contributed by atoms with van der Waals surface area (Å²) in [6, 6.07) is 25.3. The minimum Gasteiger partial charge on any atom is -0.496 e. The van der Waals surface area contributed by atoms with Gasteiger partial charge in [0, 0.05) is 47.7 Å². The van der Waals surface area contributed by atoms with Crippen LogP contribution in [0.5, 0.6) is 11.5 Å². The van der Waals surface area contributed by atoms with Crippen LogP contribution in [-0.4, -0.2) is 73.6 Å². The van der Waals surface area contributed by atoms with Crippen molar-refractivity contribution in [3.8, 4) is 22.6 Å². The van der Waals surface area contributed by atoms with Crippen molar-refractivity contribution in [1.82, 2.24) is 14.4 Å². The zero-order valence-corrected chi connectivity index (χ0v) is 24.5. The zero-order valence-electron chi connectivity index (χ0n) is 24.5. The average molecular weight is 565 g/mol. The fraction of sp³-hybridized carbons (Fsp3) is 0.294. The van der Waals surface area contributed by atoms with Gasteiger partial charge in [0.05, 0.1) is 27.3 Å². The molecule has 1 aromatic heterocycles. The number of likely N-dealkylation sites (N-methyl/N-ethyl adjacent to an activating group) is 2. The number of anilines is 1. The highest BCUT2D eigenvalue weighted by molar-refractivity contribution is 6.07. The van der Waals surface area contributed by atoms with Gasteiger partial charge >= 0.3 is 0 Å². The second-order valence-electron chi connectivity index (χ2n) is 11.1. The number of para-hydroxylation sites is 2. The number of fused-ring (bicyclic) bond motifs is 2. The molecular weight excluding hydrogens is 528 g/mol. The molecule has 1 fully saturated rings. The van der Waals surface area contributed by atoms with E-state index < -0.39 is 0 Å².